The molecule has 0 fully saturated rings. The van der Waals surface area contributed by atoms with Crippen molar-refractivity contribution in [3.05, 3.63) is 109 Å². The Morgan fingerprint density at radius 2 is 1.03 bits per heavy atom. The molecule has 0 aliphatic heterocycles. The molecule has 0 saturated heterocycles. The molecule has 0 aromatic heterocycles. The third-order valence-corrected chi connectivity index (χ3v) is 7.96. The molecule has 0 N–H and O–H groups in total. The van der Waals surface area contributed by atoms with E-state index in [9.17, 15) is 13.0 Å². The number of ether oxygens (including phenoxy) is 2. The monoisotopic (exact) mass is 494 g/mol. The molecule has 176 valence electrons. The zero-order valence-corrected chi connectivity index (χ0v) is 20.8. The van der Waals surface area contributed by atoms with E-state index in [-0.39, 0.29) is 15.8 Å². The van der Waals surface area contributed by atoms with E-state index in [1.54, 1.807) is 26.4 Å². The van der Waals surface area contributed by atoms with E-state index in [2.05, 4.69) is 48.5 Å². The van der Waals surface area contributed by atoms with Gasteiger partial charge in [-0.05, 0) is 79.7 Å². The number of benzene rings is 4. The minimum Gasteiger partial charge on any atom is -0.744 e. The first kappa shape index (κ1) is 25.4. The maximum atomic E-state index is 10.4. The lowest BCUT2D eigenvalue weighted by molar-refractivity contribution is 0.414. The van der Waals surface area contributed by atoms with Gasteiger partial charge in [-0.1, -0.05) is 35.9 Å². The topological polar surface area (TPSA) is 75.7 Å². The maximum absolute atomic E-state index is 10.4. The predicted octanol–water partition coefficient (Wildman–Crippen LogP) is 5.70. The van der Waals surface area contributed by atoms with Gasteiger partial charge >= 0.3 is 0 Å². The summed E-state index contributed by atoms with van der Waals surface area (Å²) in [6.45, 7) is 1.82. The highest BCUT2D eigenvalue weighted by molar-refractivity contribution is 7.97. The number of aryl methyl sites for hydroxylation is 1. The fourth-order valence-corrected chi connectivity index (χ4v) is 5.63. The van der Waals surface area contributed by atoms with Crippen LogP contribution < -0.4 is 9.47 Å². The normalized spacial score (nSPS) is 10.9. The fourth-order valence-electron chi connectivity index (χ4n) is 3.09. The van der Waals surface area contributed by atoms with Crippen molar-refractivity contribution in [1.82, 2.24) is 0 Å². The van der Waals surface area contributed by atoms with Gasteiger partial charge in [-0.25, -0.2) is 8.42 Å². The van der Waals surface area contributed by atoms with E-state index >= 15 is 0 Å². The molecule has 7 heteroatoms. The van der Waals surface area contributed by atoms with Gasteiger partial charge in [0.15, 0.2) is 14.7 Å². The Balaban J connectivity index is 0.000000248. The quantitative estimate of drug-likeness (QED) is 0.254. The summed E-state index contributed by atoms with van der Waals surface area (Å²) in [7, 11) is -1.04. The van der Waals surface area contributed by atoms with E-state index < -0.39 is 10.1 Å². The SMILES string of the molecule is COc1ccc([S+](c2ccccc2)c2ccc(OC)cc2)cc1.Cc1ccc(S(=O)(=O)[O-])cc1. The first-order valence-corrected chi connectivity index (χ1v) is 13.0. The highest BCUT2D eigenvalue weighted by Crippen LogP contribution is 2.32. The van der Waals surface area contributed by atoms with Crippen LogP contribution in [0.5, 0.6) is 11.5 Å². The summed E-state index contributed by atoms with van der Waals surface area (Å²) in [5, 5.41) is 0. The largest absolute Gasteiger partial charge is 0.744 e. The highest BCUT2D eigenvalue weighted by Gasteiger charge is 2.28. The van der Waals surface area contributed by atoms with Gasteiger partial charge in [-0.3, -0.25) is 0 Å². The Kier molecular flexibility index (Phi) is 8.76. The van der Waals surface area contributed by atoms with Crippen LogP contribution >= 0.6 is 0 Å². The summed E-state index contributed by atoms with van der Waals surface area (Å²) in [6.07, 6.45) is 0. The zero-order valence-electron chi connectivity index (χ0n) is 19.2. The standard InChI is InChI=1S/C20H19O2S.C7H8O3S/c1-21-16-8-12-19(13-9-16)23(18-6-4-3-5-7-18)20-14-10-17(22-2)11-15-20;1-6-2-4-7(5-3-6)11(8,9)10/h3-15H,1-2H3;2-5H,1H3,(H,8,9,10)/q+1;/p-1. The number of hydrogen-bond donors (Lipinski definition) is 0. The lowest BCUT2D eigenvalue weighted by atomic mass is 10.2. The molecular weight excluding hydrogens is 468 g/mol. The van der Waals surface area contributed by atoms with Crippen molar-refractivity contribution in [3.8, 4) is 11.5 Å². The number of methoxy groups -OCH3 is 2. The lowest BCUT2D eigenvalue weighted by Crippen LogP contribution is -2.04. The summed E-state index contributed by atoms with van der Waals surface area (Å²) in [4.78, 5) is 3.65. The second-order valence-electron chi connectivity index (χ2n) is 7.24. The molecule has 0 unspecified atom stereocenters. The Labute approximate surface area is 204 Å². The molecule has 0 spiro atoms. The van der Waals surface area contributed by atoms with Gasteiger partial charge in [0.05, 0.1) is 30.0 Å². The van der Waals surface area contributed by atoms with Crippen molar-refractivity contribution in [1.29, 1.82) is 0 Å². The van der Waals surface area contributed by atoms with E-state index in [4.69, 9.17) is 9.47 Å². The molecule has 0 radical (unpaired) electrons. The predicted molar refractivity (Wildman–Crippen MR) is 134 cm³/mol. The molecule has 0 bridgehead atoms. The van der Waals surface area contributed by atoms with Crippen molar-refractivity contribution in [3.63, 3.8) is 0 Å². The van der Waals surface area contributed by atoms with Crippen LogP contribution in [0.1, 0.15) is 5.56 Å². The van der Waals surface area contributed by atoms with Crippen LogP contribution in [0.2, 0.25) is 0 Å². The van der Waals surface area contributed by atoms with E-state index in [0.29, 0.717) is 0 Å². The van der Waals surface area contributed by atoms with Crippen molar-refractivity contribution in [2.24, 2.45) is 0 Å². The molecule has 0 heterocycles. The minimum atomic E-state index is -4.27. The van der Waals surface area contributed by atoms with Crippen LogP contribution in [0.3, 0.4) is 0 Å². The summed E-state index contributed by atoms with van der Waals surface area (Å²) >= 11 is 0. The van der Waals surface area contributed by atoms with Gasteiger partial charge in [-0.15, -0.1) is 0 Å². The van der Waals surface area contributed by atoms with Gasteiger partial charge in [-0.2, -0.15) is 0 Å². The molecule has 0 aliphatic carbocycles. The van der Waals surface area contributed by atoms with Crippen LogP contribution in [0.25, 0.3) is 0 Å². The van der Waals surface area contributed by atoms with Gasteiger partial charge in [0.1, 0.15) is 21.6 Å². The van der Waals surface area contributed by atoms with Crippen LogP contribution in [-0.4, -0.2) is 27.2 Å². The van der Waals surface area contributed by atoms with Crippen LogP contribution in [0.15, 0.2) is 123 Å². The molecule has 4 rings (SSSR count). The van der Waals surface area contributed by atoms with Crippen LogP contribution in [-0.2, 0) is 21.0 Å². The Morgan fingerprint density at radius 3 is 1.41 bits per heavy atom. The Morgan fingerprint density at radius 1 is 0.618 bits per heavy atom. The summed E-state index contributed by atoms with van der Waals surface area (Å²) in [6, 6.07) is 33.0. The van der Waals surface area contributed by atoms with Gasteiger partial charge in [0.25, 0.3) is 0 Å². The Bertz CT molecular complexity index is 1220. The lowest BCUT2D eigenvalue weighted by Gasteiger charge is -2.09. The van der Waals surface area contributed by atoms with E-state index in [1.807, 2.05) is 37.3 Å². The van der Waals surface area contributed by atoms with E-state index in [0.717, 1.165) is 17.1 Å². The summed E-state index contributed by atoms with van der Waals surface area (Å²) in [5.41, 5.74) is 0.928. The first-order chi connectivity index (χ1) is 16.3. The van der Waals surface area contributed by atoms with Crippen molar-refractivity contribution in [2.45, 2.75) is 26.5 Å². The molecule has 5 nitrogen and oxygen atoms in total. The number of rotatable bonds is 6. The zero-order chi connectivity index (χ0) is 24.6. The molecule has 0 amide bonds. The first-order valence-electron chi connectivity index (χ1n) is 10.4. The average molecular weight is 495 g/mol. The second-order valence-corrected chi connectivity index (χ2v) is 10.6. The smallest absolute Gasteiger partial charge is 0.166 e. The van der Waals surface area contributed by atoms with Gasteiger partial charge < -0.3 is 14.0 Å². The van der Waals surface area contributed by atoms with Crippen molar-refractivity contribution in [2.75, 3.05) is 14.2 Å². The molecular formula is C27H26O5S2. The van der Waals surface area contributed by atoms with Crippen LogP contribution in [0.4, 0.5) is 0 Å². The summed E-state index contributed by atoms with van der Waals surface area (Å²) < 4.78 is 41.7. The maximum Gasteiger partial charge on any atom is 0.166 e. The fraction of sp³-hybridized carbons (Fsp3) is 0.111. The van der Waals surface area contributed by atoms with E-state index in [1.165, 1.54) is 26.8 Å². The second kappa shape index (κ2) is 11.7. The van der Waals surface area contributed by atoms with Gasteiger partial charge in [0.2, 0.25) is 0 Å². The molecule has 4 aromatic carbocycles. The third kappa shape index (κ3) is 6.87. The number of hydrogen-bond acceptors (Lipinski definition) is 5. The molecule has 34 heavy (non-hydrogen) atoms. The minimum absolute atomic E-state index is 0.146. The highest BCUT2D eigenvalue weighted by atomic mass is 32.2. The molecule has 0 atom stereocenters. The summed E-state index contributed by atoms with van der Waals surface area (Å²) in [5.74, 6) is 1.75. The van der Waals surface area contributed by atoms with Gasteiger partial charge in [0, 0.05) is 0 Å². The third-order valence-electron chi connectivity index (χ3n) is 4.88. The average Bonchev–Trinajstić information content (AvgIpc) is 2.86. The van der Waals surface area contributed by atoms with Crippen molar-refractivity contribution >= 4 is 21.0 Å². The molecule has 4 aromatic rings. The Hall–Kier alpha value is -3.26. The molecule has 0 saturated carbocycles. The molecule has 0 aliphatic rings. The van der Waals surface area contributed by atoms with Crippen molar-refractivity contribution < 1.29 is 22.4 Å². The van der Waals surface area contributed by atoms with Crippen LogP contribution in [0, 0.1) is 6.92 Å².